The third-order valence-electron chi connectivity index (χ3n) is 6.25. The van der Waals surface area contributed by atoms with Gasteiger partial charge in [-0.15, -0.1) is 11.3 Å². The first-order valence-corrected chi connectivity index (χ1v) is 12.4. The Hall–Kier alpha value is -3.87. The summed E-state index contributed by atoms with van der Waals surface area (Å²) in [6.07, 6.45) is 2.00. The fourth-order valence-electron chi connectivity index (χ4n) is 4.48. The van der Waals surface area contributed by atoms with Crippen molar-refractivity contribution in [1.82, 2.24) is 4.57 Å². The zero-order valence-electron chi connectivity index (χ0n) is 18.5. The number of aromatic nitrogens is 1. The number of Topliss-reactive ketones (excluding diaryl/α,β-unsaturated/α-hetero) is 1. The van der Waals surface area contributed by atoms with E-state index in [4.69, 9.17) is 11.6 Å². The molecule has 1 aliphatic heterocycles. The topological polar surface area (TPSA) is 63.1 Å². The fourth-order valence-corrected chi connectivity index (χ4v) is 5.89. The van der Waals surface area contributed by atoms with Crippen LogP contribution in [0.15, 0.2) is 91.1 Å². The summed E-state index contributed by atoms with van der Waals surface area (Å²) in [6, 6.07) is 26.1. The van der Waals surface area contributed by atoms with Crippen LogP contribution in [0.2, 0.25) is 5.02 Å². The standard InChI is InChI=1S/C28H20ClN3O2S/c29-24-20-7-2-4-10-23(20)35-27(24)28(34)30-19-13-11-17(12-14-19)26(33)25-22-9-5-15-32(22)16-18-6-1-3-8-21(18)31-25/h1-15,25,31H,16H2,(H,30,34). The number of benzene rings is 3. The molecule has 3 aromatic carbocycles. The molecule has 1 atom stereocenters. The predicted molar refractivity (Wildman–Crippen MR) is 142 cm³/mol. The number of nitrogens with zero attached hydrogens (tertiary/aromatic N) is 1. The molecule has 5 nitrogen and oxygen atoms in total. The minimum absolute atomic E-state index is 0.0351. The quantitative estimate of drug-likeness (QED) is 0.262. The Kier molecular flexibility index (Phi) is 5.40. The average Bonchev–Trinajstić information content (AvgIpc) is 3.44. The molecule has 1 amide bonds. The summed E-state index contributed by atoms with van der Waals surface area (Å²) in [5.41, 5.74) is 4.18. The number of hydrogen-bond donors (Lipinski definition) is 2. The van der Waals surface area contributed by atoms with Gasteiger partial charge in [0.1, 0.15) is 10.9 Å². The van der Waals surface area contributed by atoms with E-state index in [0.717, 1.165) is 27.0 Å². The number of nitrogens with one attached hydrogen (secondary N) is 2. The number of halogens is 1. The highest BCUT2D eigenvalue weighted by molar-refractivity contribution is 7.21. The largest absolute Gasteiger partial charge is 0.370 e. The molecule has 0 saturated heterocycles. The molecule has 5 aromatic rings. The highest BCUT2D eigenvalue weighted by atomic mass is 35.5. The van der Waals surface area contributed by atoms with E-state index in [9.17, 15) is 9.59 Å². The maximum Gasteiger partial charge on any atom is 0.267 e. The summed E-state index contributed by atoms with van der Waals surface area (Å²) >= 11 is 7.81. The number of carbonyl (C=O) groups is 2. The van der Waals surface area contributed by atoms with E-state index >= 15 is 0 Å². The van der Waals surface area contributed by atoms with Gasteiger partial charge in [-0.3, -0.25) is 9.59 Å². The van der Waals surface area contributed by atoms with Crippen molar-refractivity contribution >= 4 is 56.1 Å². The smallest absolute Gasteiger partial charge is 0.267 e. The summed E-state index contributed by atoms with van der Waals surface area (Å²) in [5.74, 6) is -0.303. The Morgan fingerprint density at radius 2 is 1.71 bits per heavy atom. The van der Waals surface area contributed by atoms with Crippen molar-refractivity contribution < 1.29 is 9.59 Å². The van der Waals surface area contributed by atoms with Crippen molar-refractivity contribution in [2.75, 3.05) is 10.6 Å². The number of carbonyl (C=O) groups excluding carboxylic acids is 2. The van der Waals surface area contributed by atoms with Gasteiger partial charge in [0.25, 0.3) is 5.91 Å². The summed E-state index contributed by atoms with van der Waals surface area (Å²) in [4.78, 5) is 26.9. The van der Waals surface area contributed by atoms with Gasteiger partial charge < -0.3 is 15.2 Å². The highest BCUT2D eigenvalue weighted by Gasteiger charge is 2.28. The number of amides is 1. The van der Waals surface area contributed by atoms with Gasteiger partial charge in [-0.1, -0.05) is 48.0 Å². The van der Waals surface area contributed by atoms with Crippen LogP contribution in [-0.2, 0) is 6.54 Å². The number of hydrogen-bond acceptors (Lipinski definition) is 4. The normalized spacial score (nSPS) is 14.5. The van der Waals surface area contributed by atoms with Crippen molar-refractivity contribution in [3.05, 3.63) is 118 Å². The molecule has 6 rings (SSSR count). The van der Waals surface area contributed by atoms with Crippen molar-refractivity contribution in [3.63, 3.8) is 0 Å². The number of ketones is 1. The van der Waals surface area contributed by atoms with Crippen LogP contribution >= 0.6 is 22.9 Å². The molecule has 7 heteroatoms. The van der Waals surface area contributed by atoms with Crippen LogP contribution in [0.1, 0.15) is 37.3 Å². The second kappa shape index (κ2) is 8.73. The molecule has 0 radical (unpaired) electrons. The fraction of sp³-hybridized carbons (Fsp3) is 0.0714. The molecule has 35 heavy (non-hydrogen) atoms. The van der Waals surface area contributed by atoms with E-state index in [1.165, 1.54) is 11.3 Å². The molecule has 172 valence electrons. The summed E-state index contributed by atoms with van der Waals surface area (Å²) < 4.78 is 3.07. The lowest BCUT2D eigenvalue weighted by atomic mass is 10.0. The van der Waals surface area contributed by atoms with Crippen LogP contribution in [-0.4, -0.2) is 16.3 Å². The van der Waals surface area contributed by atoms with Gasteiger partial charge in [0.15, 0.2) is 5.78 Å². The molecular formula is C28H20ClN3O2S. The molecule has 3 heterocycles. The van der Waals surface area contributed by atoms with Crippen LogP contribution in [0.5, 0.6) is 0 Å². The molecule has 0 aliphatic carbocycles. The first-order chi connectivity index (χ1) is 17.1. The third-order valence-corrected chi connectivity index (χ3v) is 7.92. The number of para-hydroxylation sites is 1. The predicted octanol–water partition coefficient (Wildman–Crippen LogP) is 7.01. The van der Waals surface area contributed by atoms with Crippen LogP contribution in [0.25, 0.3) is 10.1 Å². The van der Waals surface area contributed by atoms with Gasteiger partial charge in [-0.05, 0) is 54.1 Å². The molecule has 0 bridgehead atoms. The van der Waals surface area contributed by atoms with E-state index in [2.05, 4.69) is 21.3 Å². The monoisotopic (exact) mass is 497 g/mol. The minimum atomic E-state index is -0.508. The van der Waals surface area contributed by atoms with Crippen molar-refractivity contribution in [1.29, 1.82) is 0 Å². The maximum atomic E-state index is 13.5. The van der Waals surface area contributed by atoms with Crippen LogP contribution in [0, 0.1) is 0 Å². The molecule has 0 saturated carbocycles. The molecule has 0 spiro atoms. The number of rotatable bonds is 4. The SMILES string of the molecule is O=C(Nc1ccc(C(=O)C2Nc3ccccc3Cn3cccc32)cc1)c1sc2ccccc2c1Cl. The lowest BCUT2D eigenvalue weighted by molar-refractivity contribution is 0.0966. The Morgan fingerprint density at radius 3 is 2.54 bits per heavy atom. The average molecular weight is 498 g/mol. The van der Waals surface area contributed by atoms with Gasteiger partial charge in [-0.25, -0.2) is 0 Å². The van der Waals surface area contributed by atoms with E-state index in [0.29, 0.717) is 27.7 Å². The van der Waals surface area contributed by atoms with E-state index in [1.807, 2.05) is 60.8 Å². The zero-order chi connectivity index (χ0) is 23.9. The first kappa shape index (κ1) is 21.6. The second-order valence-corrected chi connectivity index (χ2v) is 9.86. The van der Waals surface area contributed by atoms with Gasteiger partial charge in [0.2, 0.25) is 0 Å². The van der Waals surface area contributed by atoms with E-state index in [-0.39, 0.29) is 11.7 Å². The molecule has 2 aromatic heterocycles. The van der Waals surface area contributed by atoms with Crippen LogP contribution in [0.4, 0.5) is 11.4 Å². The number of fused-ring (bicyclic) bond motifs is 3. The Labute approximate surface area is 211 Å². The number of anilines is 2. The lowest BCUT2D eigenvalue weighted by Gasteiger charge is -2.18. The zero-order valence-corrected chi connectivity index (χ0v) is 20.1. The lowest BCUT2D eigenvalue weighted by Crippen LogP contribution is -2.22. The van der Waals surface area contributed by atoms with E-state index < -0.39 is 6.04 Å². The Balaban J connectivity index is 1.24. The number of thiophene rings is 1. The van der Waals surface area contributed by atoms with Gasteiger partial charge in [0.05, 0.1) is 5.02 Å². The molecule has 1 unspecified atom stereocenters. The van der Waals surface area contributed by atoms with Gasteiger partial charge >= 0.3 is 0 Å². The van der Waals surface area contributed by atoms with Crippen molar-refractivity contribution in [3.8, 4) is 0 Å². The third kappa shape index (κ3) is 3.91. The Morgan fingerprint density at radius 1 is 0.943 bits per heavy atom. The van der Waals surface area contributed by atoms with Crippen molar-refractivity contribution in [2.24, 2.45) is 0 Å². The van der Waals surface area contributed by atoms with Crippen molar-refractivity contribution in [2.45, 2.75) is 12.6 Å². The van der Waals surface area contributed by atoms with Gasteiger partial charge in [0, 0.05) is 45.5 Å². The molecule has 2 N–H and O–H groups in total. The first-order valence-electron chi connectivity index (χ1n) is 11.2. The highest BCUT2D eigenvalue weighted by Crippen LogP contribution is 2.36. The summed E-state index contributed by atoms with van der Waals surface area (Å²) in [6.45, 7) is 0.709. The van der Waals surface area contributed by atoms with Crippen LogP contribution < -0.4 is 10.6 Å². The Bertz CT molecular complexity index is 1590. The minimum Gasteiger partial charge on any atom is -0.370 e. The molecule has 1 aliphatic rings. The summed E-state index contributed by atoms with van der Waals surface area (Å²) in [7, 11) is 0. The maximum absolute atomic E-state index is 13.5. The molecule has 0 fully saturated rings. The van der Waals surface area contributed by atoms with E-state index in [1.54, 1.807) is 24.3 Å². The second-order valence-electron chi connectivity index (χ2n) is 8.43. The summed E-state index contributed by atoms with van der Waals surface area (Å²) in [5, 5.41) is 7.65. The van der Waals surface area contributed by atoms with Crippen LogP contribution in [0.3, 0.4) is 0 Å². The molecular weight excluding hydrogens is 478 g/mol. The van der Waals surface area contributed by atoms with Gasteiger partial charge in [-0.2, -0.15) is 0 Å².